The van der Waals surface area contributed by atoms with Crippen molar-refractivity contribution in [3.05, 3.63) is 0 Å². The summed E-state index contributed by atoms with van der Waals surface area (Å²) in [6.07, 6.45) is 1.14. The van der Waals surface area contributed by atoms with E-state index < -0.39 is 0 Å². The maximum Gasteiger partial charge on any atom is 0.146 e. The van der Waals surface area contributed by atoms with Crippen molar-refractivity contribution in [3.8, 4) is 0 Å². The second-order valence-electron chi connectivity index (χ2n) is 0.954. The van der Waals surface area contributed by atoms with Crippen molar-refractivity contribution in [1.82, 2.24) is 0 Å². The van der Waals surface area contributed by atoms with Crippen LogP contribution in [0, 0.1) is 0 Å². The molecule has 0 saturated carbocycles. The molecule has 0 heterocycles. The monoisotopic (exact) mass is 100 g/mol. The molecule has 4 nitrogen and oxygen atoms in total. The molecule has 4 heteroatoms. The van der Waals surface area contributed by atoms with Crippen molar-refractivity contribution in [3.63, 3.8) is 0 Å². The zero-order chi connectivity index (χ0) is 5.70. The number of hydrogen-bond acceptors (Lipinski definition) is 2. The number of aliphatic imine (C=N–C) groups is 1. The summed E-state index contributed by atoms with van der Waals surface area (Å²) >= 11 is 0. The topological polar surface area (TPSA) is 76.8 Å². The van der Waals surface area contributed by atoms with Crippen LogP contribution in [0.5, 0.6) is 0 Å². The van der Waals surface area contributed by atoms with Gasteiger partial charge in [-0.2, -0.15) is 5.10 Å². The lowest BCUT2D eigenvalue weighted by Gasteiger charge is -1.80. The largest absolute Gasteiger partial charge is 0.390 e. The van der Waals surface area contributed by atoms with E-state index in [-0.39, 0.29) is 0 Å². The fourth-order valence-electron chi connectivity index (χ4n) is 0.141. The van der Waals surface area contributed by atoms with Crippen molar-refractivity contribution >= 4 is 12.2 Å². The maximum atomic E-state index is 4.88. The van der Waals surface area contributed by atoms with Gasteiger partial charge in [-0.1, -0.05) is 0 Å². The van der Waals surface area contributed by atoms with E-state index in [1.54, 1.807) is 6.92 Å². The summed E-state index contributed by atoms with van der Waals surface area (Å²) in [6, 6.07) is 0. The number of rotatable bonds is 0. The highest BCUT2D eigenvalue weighted by Gasteiger charge is 1.73. The van der Waals surface area contributed by atoms with Gasteiger partial charge < -0.3 is 11.6 Å². The standard InChI is InChI=1S/C3H8N4/c1-3(7-5)6-2-4/h2H,5H2,1H3,(H2,4,6,7). The normalized spacial score (nSPS) is 13.0. The lowest BCUT2D eigenvalue weighted by atomic mass is 10.7. The number of hydrazone groups is 1. The fraction of sp³-hybridized carbons (Fsp3) is 0.333. The molecule has 0 amide bonds. The van der Waals surface area contributed by atoms with E-state index in [0.717, 1.165) is 6.34 Å². The van der Waals surface area contributed by atoms with Crippen molar-refractivity contribution in [2.75, 3.05) is 0 Å². The summed E-state index contributed by atoms with van der Waals surface area (Å²) in [4.78, 5) is 3.52. The smallest absolute Gasteiger partial charge is 0.146 e. The fourth-order valence-corrected chi connectivity index (χ4v) is 0.141. The van der Waals surface area contributed by atoms with E-state index >= 15 is 0 Å². The maximum absolute atomic E-state index is 4.88. The Bertz CT molecular complexity index is 93.1. The summed E-state index contributed by atoms with van der Waals surface area (Å²) < 4.78 is 0. The summed E-state index contributed by atoms with van der Waals surface area (Å²) in [5, 5.41) is 3.22. The minimum Gasteiger partial charge on any atom is -0.390 e. The van der Waals surface area contributed by atoms with Crippen LogP contribution in [0.25, 0.3) is 0 Å². The Hall–Kier alpha value is -1.06. The highest BCUT2D eigenvalue weighted by Crippen LogP contribution is 1.68. The molecule has 0 aromatic carbocycles. The molecule has 0 aromatic heterocycles. The third-order valence-electron chi connectivity index (χ3n) is 0.448. The van der Waals surface area contributed by atoms with Crippen molar-refractivity contribution in [2.45, 2.75) is 6.92 Å². The van der Waals surface area contributed by atoms with E-state index in [2.05, 4.69) is 10.1 Å². The molecule has 4 N–H and O–H groups in total. The quantitative estimate of drug-likeness (QED) is 0.182. The molecule has 40 valence electrons. The van der Waals surface area contributed by atoms with Gasteiger partial charge in [0.1, 0.15) is 5.84 Å². The van der Waals surface area contributed by atoms with Gasteiger partial charge in [0.2, 0.25) is 0 Å². The molecule has 0 unspecified atom stereocenters. The van der Waals surface area contributed by atoms with E-state index in [4.69, 9.17) is 11.6 Å². The molecule has 0 bridgehead atoms. The van der Waals surface area contributed by atoms with E-state index in [0.29, 0.717) is 5.84 Å². The molecular weight excluding hydrogens is 92.1 g/mol. The average Bonchev–Trinajstić information content (AvgIpc) is 1.68. The van der Waals surface area contributed by atoms with Crippen LogP contribution in [0.3, 0.4) is 0 Å². The first-order valence-corrected chi connectivity index (χ1v) is 1.80. The van der Waals surface area contributed by atoms with Gasteiger partial charge in [-0.05, 0) is 6.92 Å². The van der Waals surface area contributed by atoms with Gasteiger partial charge in [0, 0.05) is 0 Å². The third-order valence-corrected chi connectivity index (χ3v) is 0.448. The van der Waals surface area contributed by atoms with E-state index in [1.807, 2.05) is 0 Å². The lowest BCUT2D eigenvalue weighted by Crippen LogP contribution is -1.96. The Morgan fingerprint density at radius 2 is 2.29 bits per heavy atom. The number of nitrogens with two attached hydrogens (primary N) is 2. The highest BCUT2D eigenvalue weighted by atomic mass is 15.2. The van der Waals surface area contributed by atoms with Gasteiger partial charge >= 0.3 is 0 Å². The lowest BCUT2D eigenvalue weighted by molar-refractivity contribution is 1.22. The average molecular weight is 100 g/mol. The SMILES string of the molecule is C/C(N=CN)=N/N. The molecule has 0 radical (unpaired) electrons. The highest BCUT2D eigenvalue weighted by molar-refractivity contribution is 5.86. The predicted octanol–water partition coefficient (Wildman–Crippen LogP) is -0.734. The number of amidine groups is 1. The van der Waals surface area contributed by atoms with Crippen LogP contribution in [-0.4, -0.2) is 12.2 Å². The first kappa shape index (κ1) is 5.94. The minimum atomic E-state index is 0.475. The van der Waals surface area contributed by atoms with E-state index in [1.165, 1.54) is 0 Å². The van der Waals surface area contributed by atoms with Crippen molar-refractivity contribution in [1.29, 1.82) is 0 Å². The van der Waals surface area contributed by atoms with Gasteiger partial charge in [0.05, 0.1) is 6.34 Å². The molecule has 0 aliphatic heterocycles. The number of nitrogens with zero attached hydrogens (tertiary/aromatic N) is 2. The minimum absolute atomic E-state index is 0.475. The van der Waals surface area contributed by atoms with E-state index in [9.17, 15) is 0 Å². The molecule has 0 rings (SSSR count). The van der Waals surface area contributed by atoms with Crippen LogP contribution in [0.15, 0.2) is 10.1 Å². The van der Waals surface area contributed by atoms with Gasteiger partial charge in [0.15, 0.2) is 0 Å². The summed E-state index contributed by atoms with van der Waals surface area (Å²) in [6.45, 7) is 1.66. The van der Waals surface area contributed by atoms with Crippen LogP contribution in [-0.2, 0) is 0 Å². The second kappa shape index (κ2) is 3.14. The Balaban J connectivity index is 3.58. The molecule has 0 spiro atoms. The predicted molar refractivity (Wildman–Crippen MR) is 30.0 cm³/mol. The first-order chi connectivity index (χ1) is 3.31. The summed E-state index contributed by atoms with van der Waals surface area (Å²) in [7, 11) is 0. The van der Waals surface area contributed by atoms with Crippen LogP contribution in [0.1, 0.15) is 6.92 Å². The van der Waals surface area contributed by atoms with Crippen molar-refractivity contribution in [2.24, 2.45) is 21.7 Å². The summed E-state index contributed by atoms with van der Waals surface area (Å²) in [5.74, 6) is 5.25. The zero-order valence-corrected chi connectivity index (χ0v) is 4.13. The molecule has 0 aliphatic carbocycles. The van der Waals surface area contributed by atoms with Gasteiger partial charge in [-0.15, -0.1) is 0 Å². The Labute approximate surface area is 41.9 Å². The van der Waals surface area contributed by atoms with Crippen LogP contribution < -0.4 is 11.6 Å². The third kappa shape index (κ3) is 2.75. The molecule has 7 heavy (non-hydrogen) atoms. The molecule has 0 fully saturated rings. The Kier molecular flexibility index (Phi) is 2.67. The summed E-state index contributed by atoms with van der Waals surface area (Å²) in [5.41, 5.74) is 4.88. The van der Waals surface area contributed by atoms with Crippen LogP contribution in [0.2, 0.25) is 0 Å². The van der Waals surface area contributed by atoms with Gasteiger partial charge in [0.25, 0.3) is 0 Å². The molecule has 0 aromatic rings. The first-order valence-electron chi connectivity index (χ1n) is 1.80. The van der Waals surface area contributed by atoms with Gasteiger partial charge in [-0.25, -0.2) is 4.99 Å². The Morgan fingerprint density at radius 3 is 2.43 bits per heavy atom. The van der Waals surface area contributed by atoms with Crippen molar-refractivity contribution < 1.29 is 0 Å². The zero-order valence-electron chi connectivity index (χ0n) is 4.13. The van der Waals surface area contributed by atoms with Gasteiger partial charge in [-0.3, -0.25) is 0 Å². The molecule has 0 saturated heterocycles. The van der Waals surface area contributed by atoms with Crippen LogP contribution in [0.4, 0.5) is 0 Å². The van der Waals surface area contributed by atoms with Crippen LogP contribution >= 0.6 is 0 Å². The number of hydrogen-bond donors (Lipinski definition) is 2. The molecular formula is C3H8N4. The molecule has 0 aliphatic rings. The second-order valence-corrected chi connectivity index (χ2v) is 0.954. The Morgan fingerprint density at radius 1 is 1.71 bits per heavy atom. The molecule has 0 atom stereocenters.